The lowest BCUT2D eigenvalue weighted by atomic mass is 9.89. The lowest BCUT2D eigenvalue weighted by Gasteiger charge is -2.29. The quantitative estimate of drug-likeness (QED) is 0.553. The molecule has 64 valence electrons. The second-order valence-corrected chi connectivity index (χ2v) is 3.31. The van der Waals surface area contributed by atoms with Crippen LogP contribution in [0, 0.1) is 0 Å². The number of hydrogen-bond acceptors (Lipinski definition) is 2. The molecular weight excluding hydrogens is 164 g/mol. The standard InChI is InChI=1S/C10H8N2O/c13-9-4-3-7-6-11-8-2-1-5-10(7,8)12-9/h1-6,11H,(H,12,13). The van der Waals surface area contributed by atoms with Gasteiger partial charge in [0.1, 0.15) is 5.54 Å². The molecule has 0 radical (unpaired) electrons. The minimum Gasteiger partial charge on any atom is -0.362 e. The van der Waals surface area contributed by atoms with E-state index in [1.165, 1.54) is 0 Å². The number of allylic oxidation sites excluding steroid dienone is 2. The topological polar surface area (TPSA) is 41.1 Å². The summed E-state index contributed by atoms with van der Waals surface area (Å²) in [6.45, 7) is 0. The number of amides is 1. The maximum atomic E-state index is 11.2. The fraction of sp³-hybridized carbons (Fsp3) is 0.100. The van der Waals surface area contributed by atoms with Crippen molar-refractivity contribution in [2.24, 2.45) is 0 Å². The Labute approximate surface area is 75.5 Å². The molecule has 13 heavy (non-hydrogen) atoms. The van der Waals surface area contributed by atoms with Gasteiger partial charge in [0.15, 0.2) is 0 Å². The number of nitrogens with one attached hydrogen (secondary N) is 2. The molecule has 0 aromatic rings. The molecule has 3 aliphatic rings. The van der Waals surface area contributed by atoms with Gasteiger partial charge in [-0.15, -0.1) is 0 Å². The van der Waals surface area contributed by atoms with Crippen molar-refractivity contribution in [1.82, 2.24) is 10.6 Å². The molecular formula is C10H8N2O. The molecule has 1 unspecified atom stereocenters. The molecule has 0 saturated carbocycles. The lowest BCUT2D eigenvalue weighted by molar-refractivity contribution is -0.117. The minimum absolute atomic E-state index is 0.0432. The molecule has 3 nitrogen and oxygen atoms in total. The predicted octanol–water partition coefficient (Wildman–Crippen LogP) is 0.352. The first kappa shape index (κ1) is 6.71. The number of rotatable bonds is 0. The van der Waals surface area contributed by atoms with Gasteiger partial charge in [-0.2, -0.15) is 0 Å². The summed E-state index contributed by atoms with van der Waals surface area (Å²) in [4.78, 5) is 11.2. The summed E-state index contributed by atoms with van der Waals surface area (Å²) in [7, 11) is 0. The second-order valence-electron chi connectivity index (χ2n) is 3.31. The van der Waals surface area contributed by atoms with Crippen LogP contribution in [0.25, 0.3) is 0 Å². The van der Waals surface area contributed by atoms with Crippen LogP contribution in [-0.4, -0.2) is 11.4 Å². The van der Waals surface area contributed by atoms with Gasteiger partial charge in [-0.1, -0.05) is 6.08 Å². The Kier molecular flexibility index (Phi) is 0.999. The Bertz CT molecular complexity index is 415. The maximum absolute atomic E-state index is 11.2. The van der Waals surface area contributed by atoms with Gasteiger partial charge in [0.05, 0.1) is 0 Å². The van der Waals surface area contributed by atoms with Gasteiger partial charge < -0.3 is 10.6 Å². The Morgan fingerprint density at radius 2 is 2.23 bits per heavy atom. The van der Waals surface area contributed by atoms with Crippen LogP contribution in [0.4, 0.5) is 0 Å². The Balaban J connectivity index is 2.20. The third-order valence-electron chi connectivity index (χ3n) is 2.61. The summed E-state index contributed by atoms with van der Waals surface area (Å²) in [6, 6.07) is 0. The summed E-state index contributed by atoms with van der Waals surface area (Å²) in [5.74, 6) is -0.0432. The van der Waals surface area contributed by atoms with Gasteiger partial charge in [-0.25, -0.2) is 0 Å². The summed E-state index contributed by atoms with van der Waals surface area (Å²) in [6.07, 6.45) is 11.2. The van der Waals surface area contributed by atoms with Gasteiger partial charge in [-0.05, 0) is 18.2 Å². The molecule has 0 bridgehead atoms. The van der Waals surface area contributed by atoms with E-state index in [1.54, 1.807) is 6.08 Å². The number of carbonyl (C=O) groups excluding carboxylic acids is 1. The van der Waals surface area contributed by atoms with Crippen molar-refractivity contribution in [2.45, 2.75) is 5.54 Å². The highest BCUT2D eigenvalue weighted by Crippen LogP contribution is 2.36. The van der Waals surface area contributed by atoms with Crippen molar-refractivity contribution in [3.8, 4) is 0 Å². The van der Waals surface area contributed by atoms with Gasteiger partial charge in [0.2, 0.25) is 5.91 Å². The van der Waals surface area contributed by atoms with Crippen LogP contribution in [0.1, 0.15) is 0 Å². The van der Waals surface area contributed by atoms with Crippen molar-refractivity contribution < 1.29 is 4.79 Å². The number of hydrogen-bond donors (Lipinski definition) is 2. The smallest absolute Gasteiger partial charge is 0.245 e. The van der Waals surface area contributed by atoms with Gasteiger partial charge in [-0.3, -0.25) is 4.79 Å². The second kappa shape index (κ2) is 1.93. The average Bonchev–Trinajstić information content (AvgIpc) is 2.59. The molecule has 0 fully saturated rings. The van der Waals surface area contributed by atoms with Crippen LogP contribution in [0.5, 0.6) is 0 Å². The van der Waals surface area contributed by atoms with Gasteiger partial charge in [0.25, 0.3) is 0 Å². The largest absolute Gasteiger partial charge is 0.362 e. The van der Waals surface area contributed by atoms with Crippen LogP contribution in [0.2, 0.25) is 0 Å². The van der Waals surface area contributed by atoms with Crippen LogP contribution < -0.4 is 10.6 Å². The lowest BCUT2D eigenvalue weighted by Crippen LogP contribution is -2.49. The van der Waals surface area contributed by atoms with Crippen LogP contribution in [-0.2, 0) is 4.79 Å². The Hall–Kier alpha value is -1.77. The fourth-order valence-electron chi connectivity index (χ4n) is 1.96. The normalized spacial score (nSPS) is 33.1. The first-order valence-corrected chi connectivity index (χ1v) is 4.19. The number of carbonyl (C=O) groups is 1. The zero-order valence-electron chi connectivity index (χ0n) is 6.87. The molecule has 2 N–H and O–H groups in total. The predicted molar refractivity (Wildman–Crippen MR) is 48.5 cm³/mol. The van der Waals surface area contributed by atoms with Crippen molar-refractivity contribution in [1.29, 1.82) is 0 Å². The maximum Gasteiger partial charge on any atom is 0.245 e. The molecule has 2 heterocycles. The van der Waals surface area contributed by atoms with Gasteiger partial charge >= 0.3 is 0 Å². The molecule has 3 heteroatoms. The highest BCUT2D eigenvalue weighted by molar-refractivity contribution is 5.93. The molecule has 2 aliphatic heterocycles. The Morgan fingerprint density at radius 1 is 1.31 bits per heavy atom. The minimum atomic E-state index is -0.383. The molecule has 0 aromatic carbocycles. The van der Waals surface area contributed by atoms with Crippen molar-refractivity contribution in [3.05, 3.63) is 47.9 Å². The van der Waals surface area contributed by atoms with E-state index in [0.717, 1.165) is 11.3 Å². The van der Waals surface area contributed by atoms with E-state index in [0.29, 0.717) is 0 Å². The van der Waals surface area contributed by atoms with E-state index >= 15 is 0 Å². The molecule has 1 aliphatic carbocycles. The van der Waals surface area contributed by atoms with Crippen molar-refractivity contribution in [2.75, 3.05) is 0 Å². The molecule has 1 atom stereocenters. The zero-order valence-corrected chi connectivity index (χ0v) is 6.87. The van der Waals surface area contributed by atoms with E-state index in [1.807, 2.05) is 30.5 Å². The molecule has 0 aromatic heterocycles. The van der Waals surface area contributed by atoms with Crippen LogP contribution >= 0.6 is 0 Å². The van der Waals surface area contributed by atoms with E-state index in [-0.39, 0.29) is 11.4 Å². The highest BCUT2D eigenvalue weighted by atomic mass is 16.1. The monoisotopic (exact) mass is 172 g/mol. The van der Waals surface area contributed by atoms with Crippen molar-refractivity contribution in [3.63, 3.8) is 0 Å². The molecule has 0 saturated heterocycles. The molecule has 3 rings (SSSR count). The fourth-order valence-corrected chi connectivity index (χ4v) is 1.96. The molecule has 1 spiro atoms. The van der Waals surface area contributed by atoms with E-state index in [2.05, 4.69) is 10.6 Å². The van der Waals surface area contributed by atoms with Crippen molar-refractivity contribution >= 4 is 5.91 Å². The van der Waals surface area contributed by atoms with Crippen LogP contribution in [0.3, 0.4) is 0 Å². The van der Waals surface area contributed by atoms with E-state index in [4.69, 9.17) is 0 Å². The third kappa shape index (κ3) is 0.667. The highest BCUT2D eigenvalue weighted by Gasteiger charge is 2.43. The van der Waals surface area contributed by atoms with Crippen LogP contribution in [0.15, 0.2) is 47.9 Å². The first-order valence-electron chi connectivity index (χ1n) is 4.19. The first-order chi connectivity index (χ1) is 6.31. The zero-order chi connectivity index (χ0) is 8.89. The summed E-state index contributed by atoms with van der Waals surface area (Å²) in [5, 5.41) is 6.08. The van der Waals surface area contributed by atoms with Gasteiger partial charge in [0, 0.05) is 23.5 Å². The van der Waals surface area contributed by atoms with E-state index < -0.39 is 0 Å². The summed E-state index contributed by atoms with van der Waals surface area (Å²) >= 11 is 0. The van der Waals surface area contributed by atoms with E-state index in [9.17, 15) is 4.79 Å². The SMILES string of the molecule is O=C1C=CC2=CNC3=CC=CC23N1. The molecule has 1 amide bonds. The third-order valence-corrected chi connectivity index (χ3v) is 2.61. The Morgan fingerprint density at radius 3 is 3.15 bits per heavy atom. The summed E-state index contributed by atoms with van der Waals surface area (Å²) < 4.78 is 0. The summed E-state index contributed by atoms with van der Waals surface area (Å²) in [5.41, 5.74) is 1.73. The average molecular weight is 172 g/mol.